The van der Waals surface area contributed by atoms with Crippen LogP contribution in [-0.4, -0.2) is 38.7 Å². The number of ether oxygens (including phenoxy) is 2. The van der Waals surface area contributed by atoms with Crippen molar-refractivity contribution in [3.05, 3.63) is 29.8 Å². The molecule has 0 heterocycles. The number of halogens is 1. The highest BCUT2D eigenvalue weighted by Crippen LogP contribution is 2.12. The van der Waals surface area contributed by atoms with Gasteiger partial charge in [0.1, 0.15) is 5.75 Å². The van der Waals surface area contributed by atoms with Gasteiger partial charge in [0.05, 0.1) is 19.1 Å². The lowest BCUT2D eigenvalue weighted by Crippen LogP contribution is -2.31. The van der Waals surface area contributed by atoms with Gasteiger partial charge in [-0.1, -0.05) is 12.1 Å². The van der Waals surface area contributed by atoms with Gasteiger partial charge in [0.15, 0.2) is 0 Å². The van der Waals surface area contributed by atoms with E-state index in [1.807, 2.05) is 24.3 Å². The SMILES string of the molecule is COCC(Cl)CNC(=O)CCc1ccc(OC)cc1. The second-order valence-corrected chi connectivity index (χ2v) is 4.82. The fourth-order valence-corrected chi connectivity index (χ4v) is 1.81. The number of amides is 1. The summed E-state index contributed by atoms with van der Waals surface area (Å²) < 4.78 is 9.97. The van der Waals surface area contributed by atoms with E-state index in [1.165, 1.54) is 0 Å². The van der Waals surface area contributed by atoms with Gasteiger partial charge < -0.3 is 14.8 Å². The van der Waals surface area contributed by atoms with Gasteiger partial charge >= 0.3 is 0 Å². The molecule has 0 fully saturated rings. The molecule has 19 heavy (non-hydrogen) atoms. The Morgan fingerprint density at radius 2 is 2.00 bits per heavy atom. The van der Waals surface area contributed by atoms with Gasteiger partial charge in [-0.2, -0.15) is 0 Å². The first-order valence-electron chi connectivity index (χ1n) is 6.18. The molecule has 4 nitrogen and oxygen atoms in total. The molecule has 1 aromatic rings. The monoisotopic (exact) mass is 285 g/mol. The zero-order chi connectivity index (χ0) is 14.1. The molecule has 1 aromatic carbocycles. The number of aryl methyl sites for hydroxylation is 1. The first-order chi connectivity index (χ1) is 9.15. The minimum Gasteiger partial charge on any atom is -0.497 e. The average molecular weight is 286 g/mol. The van der Waals surface area contributed by atoms with Gasteiger partial charge in [0, 0.05) is 20.1 Å². The number of benzene rings is 1. The summed E-state index contributed by atoms with van der Waals surface area (Å²) in [5.41, 5.74) is 1.11. The predicted molar refractivity (Wildman–Crippen MR) is 75.8 cm³/mol. The molecule has 1 rings (SSSR count). The Hall–Kier alpha value is -1.26. The van der Waals surface area contributed by atoms with Crippen molar-refractivity contribution < 1.29 is 14.3 Å². The van der Waals surface area contributed by atoms with Crippen molar-refractivity contribution in [3.8, 4) is 5.75 Å². The lowest BCUT2D eigenvalue weighted by molar-refractivity contribution is -0.121. The van der Waals surface area contributed by atoms with Gasteiger partial charge in [-0.05, 0) is 24.1 Å². The number of hydrogen-bond acceptors (Lipinski definition) is 3. The number of alkyl halides is 1. The Bertz CT molecular complexity index is 381. The highest BCUT2D eigenvalue weighted by molar-refractivity contribution is 6.21. The molecule has 0 spiro atoms. The molecule has 1 N–H and O–H groups in total. The van der Waals surface area contributed by atoms with Crippen LogP contribution < -0.4 is 10.1 Å². The van der Waals surface area contributed by atoms with E-state index in [1.54, 1.807) is 14.2 Å². The number of nitrogens with one attached hydrogen (secondary N) is 1. The van der Waals surface area contributed by atoms with Crippen molar-refractivity contribution in [3.63, 3.8) is 0 Å². The predicted octanol–water partition coefficient (Wildman–Crippen LogP) is 2.00. The molecule has 0 aliphatic heterocycles. The van der Waals surface area contributed by atoms with Gasteiger partial charge in [0.25, 0.3) is 0 Å². The highest BCUT2D eigenvalue weighted by atomic mass is 35.5. The summed E-state index contributed by atoms with van der Waals surface area (Å²) in [4.78, 5) is 11.6. The number of carbonyl (C=O) groups is 1. The maximum absolute atomic E-state index is 11.6. The molecule has 0 saturated carbocycles. The molecular formula is C14H20ClNO3. The van der Waals surface area contributed by atoms with Crippen molar-refractivity contribution in [1.29, 1.82) is 0 Å². The number of methoxy groups -OCH3 is 2. The second-order valence-electron chi connectivity index (χ2n) is 4.20. The minimum atomic E-state index is -0.185. The van der Waals surface area contributed by atoms with Crippen molar-refractivity contribution in [2.45, 2.75) is 18.2 Å². The Morgan fingerprint density at radius 1 is 1.32 bits per heavy atom. The summed E-state index contributed by atoms with van der Waals surface area (Å²) in [6, 6.07) is 7.70. The first kappa shape index (κ1) is 15.8. The van der Waals surface area contributed by atoms with Crippen molar-refractivity contribution in [2.75, 3.05) is 27.4 Å². The fourth-order valence-electron chi connectivity index (χ4n) is 1.60. The smallest absolute Gasteiger partial charge is 0.220 e. The molecule has 0 aliphatic rings. The number of rotatable bonds is 8. The van der Waals surface area contributed by atoms with Crippen LogP contribution in [0.25, 0.3) is 0 Å². The number of hydrogen-bond donors (Lipinski definition) is 1. The molecule has 0 radical (unpaired) electrons. The molecule has 1 amide bonds. The largest absolute Gasteiger partial charge is 0.497 e. The highest BCUT2D eigenvalue weighted by Gasteiger charge is 2.07. The maximum Gasteiger partial charge on any atom is 0.220 e. The van der Waals surface area contributed by atoms with Crippen LogP contribution in [0.2, 0.25) is 0 Å². The van der Waals surface area contributed by atoms with E-state index in [-0.39, 0.29) is 11.3 Å². The van der Waals surface area contributed by atoms with Gasteiger partial charge in [-0.25, -0.2) is 0 Å². The van der Waals surface area contributed by atoms with Gasteiger partial charge in [0.2, 0.25) is 5.91 Å². The Morgan fingerprint density at radius 3 is 2.58 bits per heavy atom. The van der Waals surface area contributed by atoms with Crippen LogP contribution in [0.3, 0.4) is 0 Å². The third-order valence-electron chi connectivity index (χ3n) is 2.67. The molecule has 1 unspecified atom stereocenters. The summed E-state index contributed by atoms with van der Waals surface area (Å²) in [7, 11) is 3.21. The van der Waals surface area contributed by atoms with Crippen LogP contribution in [0, 0.1) is 0 Å². The summed E-state index contributed by atoms with van der Waals surface area (Å²) in [6.45, 7) is 0.858. The van der Waals surface area contributed by atoms with Crippen LogP contribution in [0.5, 0.6) is 5.75 Å². The molecule has 0 bridgehead atoms. The quantitative estimate of drug-likeness (QED) is 0.743. The van der Waals surface area contributed by atoms with Crippen LogP contribution in [0.1, 0.15) is 12.0 Å². The molecule has 0 aliphatic carbocycles. The third-order valence-corrected chi connectivity index (χ3v) is 2.95. The van der Waals surface area contributed by atoms with Gasteiger partial charge in [-0.3, -0.25) is 4.79 Å². The lowest BCUT2D eigenvalue weighted by atomic mass is 10.1. The molecular weight excluding hydrogens is 266 g/mol. The van der Waals surface area contributed by atoms with Crippen LogP contribution in [0.15, 0.2) is 24.3 Å². The molecule has 0 saturated heterocycles. The minimum absolute atomic E-state index is 0.00225. The van der Waals surface area contributed by atoms with E-state index < -0.39 is 0 Å². The standard InChI is InChI=1S/C14H20ClNO3/c1-18-10-12(15)9-16-14(17)8-5-11-3-6-13(19-2)7-4-11/h3-4,6-7,12H,5,8-10H2,1-2H3,(H,16,17). The molecule has 106 valence electrons. The average Bonchev–Trinajstić information content (AvgIpc) is 2.44. The number of carbonyl (C=O) groups excluding carboxylic acids is 1. The van der Waals surface area contributed by atoms with Crippen molar-refractivity contribution >= 4 is 17.5 Å². The van der Waals surface area contributed by atoms with Crippen molar-refractivity contribution in [1.82, 2.24) is 5.32 Å². The summed E-state index contributed by atoms with van der Waals surface area (Å²) in [5, 5.41) is 2.60. The first-order valence-corrected chi connectivity index (χ1v) is 6.62. The topological polar surface area (TPSA) is 47.6 Å². The molecule has 1 atom stereocenters. The maximum atomic E-state index is 11.6. The van der Waals surface area contributed by atoms with E-state index in [0.717, 1.165) is 11.3 Å². The summed E-state index contributed by atoms with van der Waals surface area (Å²) in [6.07, 6.45) is 1.15. The summed E-state index contributed by atoms with van der Waals surface area (Å²) in [5.74, 6) is 0.815. The second kappa shape index (κ2) is 8.77. The van der Waals surface area contributed by atoms with E-state index in [0.29, 0.717) is 26.0 Å². The van der Waals surface area contributed by atoms with Crippen LogP contribution in [-0.2, 0) is 16.0 Å². The van der Waals surface area contributed by atoms with E-state index >= 15 is 0 Å². The van der Waals surface area contributed by atoms with Crippen LogP contribution in [0.4, 0.5) is 0 Å². The summed E-state index contributed by atoms with van der Waals surface area (Å²) >= 11 is 5.92. The van der Waals surface area contributed by atoms with E-state index in [2.05, 4.69) is 5.32 Å². The van der Waals surface area contributed by atoms with Crippen molar-refractivity contribution in [2.24, 2.45) is 0 Å². The fraction of sp³-hybridized carbons (Fsp3) is 0.500. The van der Waals surface area contributed by atoms with E-state index in [4.69, 9.17) is 21.1 Å². The van der Waals surface area contributed by atoms with E-state index in [9.17, 15) is 4.79 Å². The zero-order valence-electron chi connectivity index (χ0n) is 11.3. The molecule has 5 heteroatoms. The molecule has 0 aromatic heterocycles. The normalized spacial score (nSPS) is 11.9. The lowest BCUT2D eigenvalue weighted by Gasteiger charge is -2.10. The van der Waals surface area contributed by atoms with Gasteiger partial charge in [-0.15, -0.1) is 11.6 Å². The Kier molecular flexibility index (Phi) is 7.30. The Balaban J connectivity index is 2.25. The van der Waals surface area contributed by atoms with Crippen LogP contribution >= 0.6 is 11.6 Å². The zero-order valence-corrected chi connectivity index (χ0v) is 12.1. The third kappa shape index (κ3) is 6.45. The Labute approximate surface area is 119 Å².